The molecular formula is C33H22N2S. The maximum atomic E-state index is 5.08. The summed E-state index contributed by atoms with van der Waals surface area (Å²) in [7, 11) is 0. The van der Waals surface area contributed by atoms with E-state index in [1.807, 2.05) is 17.8 Å². The Morgan fingerprint density at radius 1 is 0.528 bits per heavy atom. The van der Waals surface area contributed by atoms with Crippen LogP contribution in [0.25, 0.3) is 33.3 Å². The molecule has 1 aliphatic heterocycles. The van der Waals surface area contributed by atoms with Crippen LogP contribution in [0.3, 0.4) is 0 Å². The van der Waals surface area contributed by atoms with E-state index >= 15 is 0 Å². The van der Waals surface area contributed by atoms with Gasteiger partial charge in [0, 0.05) is 26.4 Å². The first-order valence-corrected chi connectivity index (χ1v) is 12.9. The fourth-order valence-electron chi connectivity index (χ4n) is 4.95. The van der Waals surface area contributed by atoms with E-state index in [4.69, 9.17) is 4.98 Å². The molecule has 3 heteroatoms. The summed E-state index contributed by atoms with van der Waals surface area (Å²) in [5.74, 6) is 0. The van der Waals surface area contributed by atoms with Gasteiger partial charge in [0.05, 0.1) is 22.6 Å². The number of anilines is 3. The zero-order chi connectivity index (χ0) is 23.9. The van der Waals surface area contributed by atoms with Crippen LogP contribution in [0.15, 0.2) is 143 Å². The van der Waals surface area contributed by atoms with Crippen LogP contribution in [0.1, 0.15) is 0 Å². The molecule has 0 radical (unpaired) electrons. The molecule has 6 aromatic rings. The lowest BCUT2D eigenvalue weighted by Crippen LogP contribution is -2.14. The van der Waals surface area contributed by atoms with Crippen molar-refractivity contribution in [3.63, 3.8) is 0 Å². The van der Waals surface area contributed by atoms with Crippen molar-refractivity contribution in [1.82, 2.24) is 4.98 Å². The molecule has 1 aromatic heterocycles. The predicted octanol–water partition coefficient (Wildman–Crippen LogP) is 9.50. The van der Waals surface area contributed by atoms with Crippen molar-refractivity contribution in [2.24, 2.45) is 0 Å². The first kappa shape index (κ1) is 21.0. The van der Waals surface area contributed by atoms with E-state index in [-0.39, 0.29) is 0 Å². The Hall–Kier alpha value is -4.34. The Morgan fingerprint density at radius 2 is 1.11 bits per heavy atom. The third kappa shape index (κ3) is 3.57. The number of benzene rings is 5. The molecule has 170 valence electrons. The maximum Gasteiger partial charge on any atom is 0.0717 e. The largest absolute Gasteiger partial charge is 0.308 e. The van der Waals surface area contributed by atoms with E-state index in [9.17, 15) is 0 Å². The Balaban J connectivity index is 1.47. The quantitative estimate of drug-likeness (QED) is 0.251. The van der Waals surface area contributed by atoms with Crippen molar-refractivity contribution >= 4 is 39.7 Å². The lowest BCUT2D eigenvalue weighted by molar-refractivity contribution is 1.17. The molecule has 2 heterocycles. The third-order valence-corrected chi connectivity index (χ3v) is 7.77. The molecule has 0 fully saturated rings. The van der Waals surface area contributed by atoms with Crippen molar-refractivity contribution < 1.29 is 0 Å². The van der Waals surface area contributed by atoms with Crippen molar-refractivity contribution in [3.8, 4) is 22.4 Å². The van der Waals surface area contributed by atoms with Crippen LogP contribution >= 0.6 is 11.8 Å². The Bertz CT molecular complexity index is 1670. The highest BCUT2D eigenvalue weighted by atomic mass is 32.2. The van der Waals surface area contributed by atoms with Gasteiger partial charge in [-0.25, -0.2) is 4.98 Å². The molecule has 0 atom stereocenters. The van der Waals surface area contributed by atoms with Gasteiger partial charge in [0.15, 0.2) is 0 Å². The maximum absolute atomic E-state index is 5.08. The van der Waals surface area contributed by atoms with Crippen molar-refractivity contribution in [2.45, 2.75) is 9.79 Å². The summed E-state index contributed by atoms with van der Waals surface area (Å²) < 4.78 is 0. The average Bonchev–Trinajstić information content (AvgIpc) is 2.96. The molecule has 0 bridgehead atoms. The van der Waals surface area contributed by atoms with Crippen LogP contribution in [-0.2, 0) is 0 Å². The normalized spacial score (nSPS) is 12.3. The molecule has 5 aromatic carbocycles. The van der Waals surface area contributed by atoms with Crippen molar-refractivity contribution in [2.75, 3.05) is 4.90 Å². The number of aromatic nitrogens is 1. The SMILES string of the molecule is c1ccc(-c2cc(-c3ccccc3)c3cc(N4c5ccccc5Sc5ccccc54)ccc3n2)cc1. The van der Waals surface area contributed by atoms with Crippen LogP contribution in [0, 0.1) is 0 Å². The number of para-hydroxylation sites is 2. The molecule has 1 aliphatic rings. The van der Waals surface area contributed by atoms with Crippen LogP contribution in [0.2, 0.25) is 0 Å². The Morgan fingerprint density at radius 3 is 1.78 bits per heavy atom. The molecule has 0 saturated carbocycles. The van der Waals surface area contributed by atoms with E-state index in [1.165, 1.54) is 32.3 Å². The number of hydrogen-bond acceptors (Lipinski definition) is 3. The molecule has 0 amide bonds. The second kappa shape index (κ2) is 8.71. The molecule has 0 spiro atoms. The molecular weight excluding hydrogens is 456 g/mol. The molecule has 36 heavy (non-hydrogen) atoms. The third-order valence-electron chi connectivity index (χ3n) is 6.64. The highest BCUT2D eigenvalue weighted by Gasteiger charge is 2.24. The molecule has 0 saturated heterocycles. The lowest BCUT2D eigenvalue weighted by Gasteiger charge is -2.33. The topological polar surface area (TPSA) is 16.1 Å². The number of hydrogen-bond donors (Lipinski definition) is 0. The molecule has 0 N–H and O–H groups in total. The fraction of sp³-hybridized carbons (Fsp3) is 0. The minimum absolute atomic E-state index is 0.986. The fourth-order valence-corrected chi connectivity index (χ4v) is 6.01. The monoisotopic (exact) mass is 478 g/mol. The zero-order valence-electron chi connectivity index (χ0n) is 19.5. The molecule has 2 nitrogen and oxygen atoms in total. The first-order chi connectivity index (χ1) is 17.8. The van der Waals surface area contributed by atoms with Crippen LogP contribution in [-0.4, -0.2) is 4.98 Å². The number of rotatable bonds is 3. The van der Waals surface area contributed by atoms with E-state index in [0.29, 0.717) is 0 Å². The van der Waals surface area contributed by atoms with E-state index < -0.39 is 0 Å². The lowest BCUT2D eigenvalue weighted by atomic mass is 9.97. The zero-order valence-corrected chi connectivity index (χ0v) is 20.3. The van der Waals surface area contributed by atoms with Gasteiger partial charge in [0.2, 0.25) is 0 Å². The Kier molecular flexibility index (Phi) is 5.07. The van der Waals surface area contributed by atoms with Gasteiger partial charge in [0.1, 0.15) is 0 Å². The second-order valence-electron chi connectivity index (χ2n) is 8.86. The predicted molar refractivity (Wildman–Crippen MR) is 151 cm³/mol. The first-order valence-electron chi connectivity index (χ1n) is 12.1. The number of nitrogens with zero attached hydrogens (tertiary/aromatic N) is 2. The number of fused-ring (bicyclic) bond motifs is 3. The van der Waals surface area contributed by atoms with E-state index in [0.717, 1.165) is 27.8 Å². The van der Waals surface area contributed by atoms with Gasteiger partial charge in [0.25, 0.3) is 0 Å². The summed E-state index contributed by atoms with van der Waals surface area (Å²) in [6, 6.07) is 47.2. The van der Waals surface area contributed by atoms with E-state index in [2.05, 4.69) is 132 Å². The number of pyridine rings is 1. The summed E-state index contributed by atoms with van der Waals surface area (Å²) in [5, 5.41) is 1.14. The summed E-state index contributed by atoms with van der Waals surface area (Å²) >= 11 is 1.83. The van der Waals surface area contributed by atoms with Crippen molar-refractivity contribution in [1.29, 1.82) is 0 Å². The minimum atomic E-state index is 0.986. The summed E-state index contributed by atoms with van der Waals surface area (Å²) in [5.41, 5.74) is 9.02. The summed E-state index contributed by atoms with van der Waals surface area (Å²) in [6.45, 7) is 0. The van der Waals surface area contributed by atoms with Gasteiger partial charge in [-0.1, -0.05) is 96.7 Å². The van der Waals surface area contributed by atoms with Crippen LogP contribution < -0.4 is 4.90 Å². The molecule has 7 rings (SSSR count). The molecule has 0 aliphatic carbocycles. The second-order valence-corrected chi connectivity index (χ2v) is 9.95. The van der Waals surface area contributed by atoms with Gasteiger partial charge in [-0.3, -0.25) is 0 Å². The van der Waals surface area contributed by atoms with E-state index in [1.54, 1.807) is 0 Å². The Labute approximate surface area is 214 Å². The van der Waals surface area contributed by atoms with Gasteiger partial charge in [-0.2, -0.15) is 0 Å². The van der Waals surface area contributed by atoms with Gasteiger partial charge in [-0.15, -0.1) is 0 Å². The van der Waals surface area contributed by atoms with Gasteiger partial charge in [-0.05, 0) is 59.7 Å². The average molecular weight is 479 g/mol. The van der Waals surface area contributed by atoms with Gasteiger partial charge < -0.3 is 4.90 Å². The highest BCUT2D eigenvalue weighted by Crippen LogP contribution is 2.51. The smallest absolute Gasteiger partial charge is 0.0717 e. The van der Waals surface area contributed by atoms with Crippen LogP contribution in [0.5, 0.6) is 0 Å². The van der Waals surface area contributed by atoms with Gasteiger partial charge >= 0.3 is 0 Å². The molecule has 0 unspecified atom stereocenters. The summed E-state index contributed by atoms with van der Waals surface area (Å²) in [6.07, 6.45) is 0. The van der Waals surface area contributed by atoms with Crippen LogP contribution in [0.4, 0.5) is 17.1 Å². The van der Waals surface area contributed by atoms with Crippen molar-refractivity contribution in [3.05, 3.63) is 133 Å². The summed E-state index contributed by atoms with van der Waals surface area (Å²) in [4.78, 5) is 9.98. The highest BCUT2D eigenvalue weighted by molar-refractivity contribution is 7.99. The minimum Gasteiger partial charge on any atom is -0.308 e. The standard InChI is InChI=1S/C33H22N2S/c1-3-11-23(12-4-1)26-22-29(24-13-5-2-6-14-24)34-28-20-19-25(21-27(26)28)35-30-15-7-9-17-32(30)36-33-18-10-8-16-31(33)35/h1-22H.